The van der Waals surface area contributed by atoms with Gasteiger partial charge in [-0.2, -0.15) is 0 Å². The maximum Gasteiger partial charge on any atom is 0.352 e. The molecule has 0 saturated carbocycles. The van der Waals surface area contributed by atoms with Crippen LogP contribution in [0.15, 0.2) is 42.7 Å². The molecule has 1 N–H and O–H groups in total. The Kier molecular flexibility index (Phi) is 8.50. The van der Waals surface area contributed by atoms with Crippen molar-refractivity contribution in [1.29, 1.82) is 0 Å². The first-order chi connectivity index (χ1) is 17.5. The molecule has 0 radical (unpaired) electrons. The van der Waals surface area contributed by atoms with E-state index in [9.17, 15) is 9.59 Å². The molecule has 2 amide bonds. The predicted molar refractivity (Wildman–Crippen MR) is 141 cm³/mol. The summed E-state index contributed by atoms with van der Waals surface area (Å²) in [5, 5.41) is 3.52. The van der Waals surface area contributed by atoms with Gasteiger partial charge in [-0.05, 0) is 62.3 Å². The smallest absolute Gasteiger partial charge is 0.352 e. The van der Waals surface area contributed by atoms with Crippen molar-refractivity contribution >= 4 is 34.8 Å². The lowest BCUT2D eigenvalue weighted by Crippen LogP contribution is -2.39. The lowest BCUT2D eigenvalue weighted by atomic mass is 10.1. The number of fused-ring (bicyclic) bond motifs is 1. The zero-order valence-electron chi connectivity index (χ0n) is 20.8. The van der Waals surface area contributed by atoms with Gasteiger partial charge >= 0.3 is 12.0 Å². The van der Waals surface area contributed by atoms with Crippen LogP contribution in [0.1, 0.15) is 42.4 Å². The molecule has 0 saturated heterocycles. The van der Waals surface area contributed by atoms with Gasteiger partial charge < -0.3 is 19.7 Å². The fraction of sp³-hybridized carbons (Fsp3) is 0.385. The SMILES string of the molecule is CCOC(=O)c1sc(-c2ccncc2)nc1N1Cc2cc(OCCCN(CC)CC)ccc2NC1=O. The van der Waals surface area contributed by atoms with Gasteiger partial charge in [-0.3, -0.25) is 9.88 Å². The van der Waals surface area contributed by atoms with Crippen molar-refractivity contribution in [3.8, 4) is 16.3 Å². The van der Waals surface area contributed by atoms with Gasteiger partial charge in [0.1, 0.15) is 10.8 Å². The Morgan fingerprint density at radius 2 is 1.94 bits per heavy atom. The summed E-state index contributed by atoms with van der Waals surface area (Å²) in [6, 6.07) is 8.91. The molecule has 36 heavy (non-hydrogen) atoms. The molecular formula is C26H31N5O4S. The molecule has 3 heterocycles. The van der Waals surface area contributed by atoms with Gasteiger partial charge in [0.15, 0.2) is 10.7 Å². The minimum absolute atomic E-state index is 0.227. The van der Waals surface area contributed by atoms with Crippen LogP contribution in [0, 0.1) is 0 Å². The van der Waals surface area contributed by atoms with Crippen LogP contribution in [-0.4, -0.2) is 59.7 Å². The number of carbonyl (C=O) groups is 2. The van der Waals surface area contributed by atoms with Crippen LogP contribution in [0.25, 0.3) is 10.6 Å². The van der Waals surface area contributed by atoms with Crippen LogP contribution in [0.4, 0.5) is 16.3 Å². The molecule has 0 atom stereocenters. The molecule has 10 heteroatoms. The maximum atomic E-state index is 13.0. The van der Waals surface area contributed by atoms with E-state index in [1.807, 2.05) is 30.3 Å². The van der Waals surface area contributed by atoms with Gasteiger partial charge in [-0.15, -0.1) is 11.3 Å². The van der Waals surface area contributed by atoms with E-state index >= 15 is 0 Å². The van der Waals surface area contributed by atoms with Crippen molar-refractivity contribution in [2.24, 2.45) is 0 Å². The van der Waals surface area contributed by atoms with Crippen molar-refractivity contribution < 1.29 is 19.1 Å². The summed E-state index contributed by atoms with van der Waals surface area (Å²) in [6.45, 7) is 10.2. The third kappa shape index (κ3) is 5.83. The van der Waals surface area contributed by atoms with Crippen molar-refractivity contribution in [2.45, 2.75) is 33.7 Å². The molecule has 0 bridgehead atoms. The number of urea groups is 1. The molecule has 4 rings (SSSR count). The van der Waals surface area contributed by atoms with Crippen molar-refractivity contribution in [1.82, 2.24) is 14.9 Å². The first-order valence-electron chi connectivity index (χ1n) is 12.2. The van der Waals surface area contributed by atoms with Crippen molar-refractivity contribution in [3.63, 3.8) is 0 Å². The Labute approximate surface area is 215 Å². The van der Waals surface area contributed by atoms with E-state index in [4.69, 9.17) is 9.47 Å². The molecule has 9 nitrogen and oxygen atoms in total. The normalized spacial score (nSPS) is 12.9. The number of rotatable bonds is 11. The predicted octanol–water partition coefficient (Wildman–Crippen LogP) is 5.04. The average molecular weight is 510 g/mol. The fourth-order valence-corrected chi connectivity index (χ4v) is 4.94. The summed E-state index contributed by atoms with van der Waals surface area (Å²) in [5.41, 5.74) is 2.41. The van der Waals surface area contributed by atoms with Crippen LogP contribution in [-0.2, 0) is 11.3 Å². The number of ether oxygens (including phenoxy) is 2. The summed E-state index contributed by atoms with van der Waals surface area (Å²) in [7, 11) is 0. The largest absolute Gasteiger partial charge is 0.494 e. The van der Waals surface area contributed by atoms with E-state index in [-0.39, 0.29) is 29.9 Å². The van der Waals surface area contributed by atoms with Crippen LogP contribution in [0.5, 0.6) is 5.75 Å². The molecule has 190 valence electrons. The quantitative estimate of drug-likeness (QED) is 0.286. The number of nitrogens with zero attached hydrogens (tertiary/aromatic N) is 4. The number of aromatic nitrogens is 2. The summed E-state index contributed by atoms with van der Waals surface area (Å²) < 4.78 is 11.2. The highest BCUT2D eigenvalue weighted by Gasteiger charge is 2.31. The first kappa shape index (κ1) is 25.6. The molecule has 1 aromatic carbocycles. The van der Waals surface area contributed by atoms with Crippen molar-refractivity contribution in [3.05, 3.63) is 53.2 Å². The number of amides is 2. The molecule has 2 aromatic heterocycles. The Bertz CT molecular complexity index is 1200. The van der Waals surface area contributed by atoms with E-state index in [0.717, 1.165) is 42.9 Å². The monoisotopic (exact) mass is 509 g/mol. The molecule has 0 fully saturated rings. The number of esters is 1. The maximum absolute atomic E-state index is 13.0. The lowest BCUT2D eigenvalue weighted by molar-refractivity contribution is 0.0532. The summed E-state index contributed by atoms with van der Waals surface area (Å²) in [6.07, 6.45) is 4.25. The second-order valence-corrected chi connectivity index (χ2v) is 9.19. The number of pyridine rings is 1. The minimum Gasteiger partial charge on any atom is -0.494 e. The number of thiazole rings is 1. The second kappa shape index (κ2) is 12.0. The molecule has 0 aliphatic carbocycles. The Morgan fingerprint density at radius 3 is 2.67 bits per heavy atom. The van der Waals surface area contributed by atoms with Crippen LogP contribution >= 0.6 is 11.3 Å². The van der Waals surface area contributed by atoms with Crippen LogP contribution in [0.3, 0.4) is 0 Å². The molecule has 0 spiro atoms. The van der Waals surface area contributed by atoms with Gasteiger partial charge in [0.25, 0.3) is 0 Å². The van der Waals surface area contributed by atoms with E-state index < -0.39 is 5.97 Å². The van der Waals surface area contributed by atoms with Crippen LogP contribution < -0.4 is 15.0 Å². The highest BCUT2D eigenvalue weighted by Crippen LogP contribution is 2.37. The third-order valence-electron chi connectivity index (χ3n) is 5.93. The van der Waals surface area contributed by atoms with Gasteiger partial charge in [0.2, 0.25) is 0 Å². The second-order valence-electron chi connectivity index (χ2n) is 8.19. The topological polar surface area (TPSA) is 96.9 Å². The van der Waals surface area contributed by atoms with E-state index in [2.05, 4.69) is 34.0 Å². The summed E-state index contributed by atoms with van der Waals surface area (Å²) in [4.78, 5) is 38.6. The van der Waals surface area contributed by atoms with Crippen LogP contribution in [0.2, 0.25) is 0 Å². The number of hydrogen-bond donors (Lipinski definition) is 1. The number of benzene rings is 1. The average Bonchev–Trinajstić information content (AvgIpc) is 3.34. The number of anilines is 2. The molecule has 0 unspecified atom stereocenters. The summed E-state index contributed by atoms with van der Waals surface area (Å²) >= 11 is 1.20. The Balaban J connectivity index is 1.55. The third-order valence-corrected chi connectivity index (χ3v) is 7.00. The number of nitrogens with one attached hydrogen (secondary N) is 1. The summed E-state index contributed by atoms with van der Waals surface area (Å²) in [5.74, 6) is 0.513. The fourth-order valence-electron chi connectivity index (χ4n) is 3.97. The molecule has 1 aliphatic heterocycles. The van der Waals surface area contributed by atoms with Gasteiger partial charge in [0, 0.05) is 30.2 Å². The van der Waals surface area contributed by atoms with Gasteiger partial charge in [0.05, 0.1) is 19.8 Å². The highest BCUT2D eigenvalue weighted by molar-refractivity contribution is 7.17. The number of carbonyl (C=O) groups excluding carboxylic acids is 2. The highest BCUT2D eigenvalue weighted by atomic mass is 32.1. The van der Waals surface area contributed by atoms with E-state index in [1.54, 1.807) is 19.3 Å². The Morgan fingerprint density at radius 1 is 1.17 bits per heavy atom. The van der Waals surface area contributed by atoms with Crippen molar-refractivity contribution in [2.75, 3.05) is 43.1 Å². The first-order valence-corrected chi connectivity index (χ1v) is 13.0. The van der Waals surface area contributed by atoms with E-state index in [0.29, 0.717) is 17.3 Å². The van der Waals surface area contributed by atoms with E-state index in [1.165, 1.54) is 16.2 Å². The van der Waals surface area contributed by atoms with Gasteiger partial charge in [-0.1, -0.05) is 13.8 Å². The Hall–Kier alpha value is -3.50. The van der Waals surface area contributed by atoms with Gasteiger partial charge in [-0.25, -0.2) is 14.6 Å². The zero-order valence-corrected chi connectivity index (χ0v) is 21.6. The molecular weight excluding hydrogens is 478 g/mol. The minimum atomic E-state index is -0.505. The number of hydrogen-bond acceptors (Lipinski definition) is 8. The molecule has 3 aromatic rings. The standard InChI is InChI=1S/C26H31N5O4S/c1-4-30(5-2)14-7-15-35-20-8-9-21-19(16-20)17-31(26(33)28-21)23-22(25(32)34-6-3)36-24(29-23)18-10-12-27-13-11-18/h8-13,16H,4-7,14-15,17H2,1-3H3,(H,28,33). The zero-order chi connectivity index (χ0) is 25.5. The lowest BCUT2D eigenvalue weighted by Gasteiger charge is -2.28. The molecule has 1 aliphatic rings.